The van der Waals surface area contributed by atoms with E-state index in [9.17, 15) is 4.79 Å². The Bertz CT molecular complexity index is 411. The smallest absolute Gasteiger partial charge is 0.330 e. The molecule has 3 aliphatic heterocycles. The summed E-state index contributed by atoms with van der Waals surface area (Å²) in [4.78, 5) is 9.60. The molecule has 0 aromatic rings. The van der Waals surface area contributed by atoms with Gasteiger partial charge in [0.05, 0.1) is 59.5 Å². The van der Waals surface area contributed by atoms with Crippen LogP contribution in [0.25, 0.3) is 0 Å². The maximum Gasteiger partial charge on any atom is 0.330 e. The van der Waals surface area contributed by atoms with Crippen molar-refractivity contribution in [2.24, 2.45) is 5.41 Å². The number of hydrogen-bond acceptors (Lipinski definition) is 7. The molecule has 3 atom stereocenters. The van der Waals surface area contributed by atoms with E-state index < -0.39 is 5.97 Å². The lowest BCUT2D eigenvalue weighted by Crippen LogP contribution is -2.38. The van der Waals surface area contributed by atoms with Gasteiger partial charge in [-0.1, -0.05) is 13.5 Å². The number of carboxylic acids is 1. The molecule has 0 aliphatic carbocycles. The Kier molecular flexibility index (Phi) is 9.14. The molecule has 3 rings (SSSR count). The number of carboxylic acid groups (broad SMARTS) is 1. The van der Waals surface area contributed by atoms with E-state index in [4.69, 9.17) is 33.5 Å². The highest BCUT2D eigenvalue weighted by atomic mass is 16.6. The lowest BCUT2D eigenvalue weighted by Gasteiger charge is -2.32. The van der Waals surface area contributed by atoms with Crippen LogP contribution in [0, 0.1) is 5.41 Å². The summed E-state index contributed by atoms with van der Waals surface area (Å²) in [6, 6.07) is 0. The summed E-state index contributed by atoms with van der Waals surface area (Å²) in [5, 5.41) is 7.89. The van der Waals surface area contributed by atoms with Crippen molar-refractivity contribution in [1.29, 1.82) is 0 Å². The molecule has 3 saturated heterocycles. The Labute approximate surface area is 160 Å². The van der Waals surface area contributed by atoms with Gasteiger partial charge >= 0.3 is 5.97 Å². The second kappa shape index (κ2) is 11.1. The first-order valence-electron chi connectivity index (χ1n) is 9.41. The summed E-state index contributed by atoms with van der Waals surface area (Å²) in [7, 11) is 0. The van der Waals surface area contributed by atoms with E-state index in [1.807, 2.05) is 0 Å². The summed E-state index contributed by atoms with van der Waals surface area (Å²) in [6.45, 7) is 13.1. The molecule has 3 fully saturated rings. The molecule has 8 heteroatoms. The van der Waals surface area contributed by atoms with Gasteiger partial charge in [-0.15, -0.1) is 0 Å². The van der Waals surface area contributed by atoms with Crippen molar-refractivity contribution in [3.63, 3.8) is 0 Å². The predicted molar refractivity (Wildman–Crippen MR) is 96.9 cm³/mol. The molecule has 1 N–H and O–H groups in total. The molecule has 8 nitrogen and oxygen atoms in total. The number of epoxide rings is 3. The third kappa shape index (κ3) is 10.2. The van der Waals surface area contributed by atoms with Gasteiger partial charge in [-0.05, 0) is 13.3 Å². The largest absolute Gasteiger partial charge is 0.478 e. The first-order valence-corrected chi connectivity index (χ1v) is 9.41. The summed E-state index contributed by atoms with van der Waals surface area (Å²) >= 11 is 0. The monoisotopic (exact) mass is 388 g/mol. The first-order chi connectivity index (χ1) is 12.9. The number of carbonyl (C=O) groups is 1. The van der Waals surface area contributed by atoms with Crippen LogP contribution in [0.4, 0.5) is 0 Å². The minimum Gasteiger partial charge on any atom is -0.478 e. The molecule has 3 heterocycles. The van der Waals surface area contributed by atoms with Crippen molar-refractivity contribution < 1.29 is 38.3 Å². The van der Waals surface area contributed by atoms with Crippen LogP contribution in [-0.2, 0) is 33.2 Å². The fraction of sp³-hybridized carbons (Fsp3) is 0.842. The van der Waals surface area contributed by atoms with Crippen LogP contribution >= 0.6 is 0 Å². The Hall–Kier alpha value is -1.03. The lowest BCUT2D eigenvalue weighted by molar-refractivity contribution is -0.132. The number of aliphatic carboxylic acids is 1. The van der Waals surface area contributed by atoms with E-state index in [1.54, 1.807) is 0 Å². The van der Waals surface area contributed by atoms with Crippen molar-refractivity contribution in [3.8, 4) is 0 Å². The Morgan fingerprint density at radius 1 is 0.963 bits per heavy atom. The molecule has 0 bridgehead atoms. The van der Waals surface area contributed by atoms with Crippen LogP contribution in [0.2, 0.25) is 0 Å². The first kappa shape index (κ1) is 22.3. The van der Waals surface area contributed by atoms with Crippen LogP contribution in [0.15, 0.2) is 12.2 Å². The molecule has 0 spiro atoms. The third-order valence-corrected chi connectivity index (χ3v) is 4.46. The zero-order valence-corrected chi connectivity index (χ0v) is 16.3. The fourth-order valence-electron chi connectivity index (χ4n) is 2.14. The van der Waals surface area contributed by atoms with Crippen molar-refractivity contribution in [3.05, 3.63) is 12.2 Å². The minimum absolute atomic E-state index is 0.0985. The van der Waals surface area contributed by atoms with Gasteiger partial charge in [-0.2, -0.15) is 0 Å². The van der Waals surface area contributed by atoms with Crippen LogP contribution in [0.5, 0.6) is 0 Å². The highest BCUT2D eigenvalue weighted by molar-refractivity contribution is 5.84. The van der Waals surface area contributed by atoms with E-state index in [1.165, 1.54) is 6.92 Å². The van der Waals surface area contributed by atoms with E-state index >= 15 is 0 Å². The summed E-state index contributed by atoms with van der Waals surface area (Å²) < 4.78 is 33.0. The topological polar surface area (TPSA) is 103 Å². The zero-order chi connectivity index (χ0) is 19.7. The average molecular weight is 388 g/mol. The SMILES string of the molecule is C=C(C)C(=O)O.CCC(COCC1CO1)(COCC1CO1)COCC1CO1. The Morgan fingerprint density at radius 2 is 1.26 bits per heavy atom. The summed E-state index contributed by atoms with van der Waals surface area (Å²) in [5.74, 6) is -0.935. The molecular weight excluding hydrogens is 356 g/mol. The molecule has 0 aromatic heterocycles. The van der Waals surface area contributed by atoms with E-state index in [-0.39, 0.29) is 11.0 Å². The summed E-state index contributed by atoms with van der Waals surface area (Å²) in [6.07, 6.45) is 1.83. The van der Waals surface area contributed by atoms with E-state index in [0.717, 1.165) is 26.2 Å². The molecule has 0 amide bonds. The number of ether oxygens (including phenoxy) is 6. The fourth-order valence-corrected chi connectivity index (χ4v) is 2.14. The normalized spacial score (nSPS) is 27.1. The maximum absolute atomic E-state index is 9.60. The van der Waals surface area contributed by atoms with Gasteiger partial charge in [-0.25, -0.2) is 4.79 Å². The van der Waals surface area contributed by atoms with Gasteiger partial charge < -0.3 is 33.5 Å². The predicted octanol–water partition coefficient (Wildman–Crippen LogP) is 1.28. The molecule has 0 saturated carbocycles. The molecular formula is C19H32O8. The van der Waals surface area contributed by atoms with Gasteiger partial charge in [0.15, 0.2) is 0 Å². The van der Waals surface area contributed by atoms with Crippen LogP contribution < -0.4 is 0 Å². The van der Waals surface area contributed by atoms with Gasteiger partial charge in [0.1, 0.15) is 18.3 Å². The highest BCUT2D eigenvalue weighted by Crippen LogP contribution is 2.26. The maximum atomic E-state index is 9.60. The van der Waals surface area contributed by atoms with Crippen LogP contribution in [0.1, 0.15) is 20.3 Å². The molecule has 0 radical (unpaired) electrons. The molecule has 3 aliphatic rings. The Morgan fingerprint density at radius 3 is 1.44 bits per heavy atom. The highest BCUT2D eigenvalue weighted by Gasteiger charge is 2.34. The molecule has 27 heavy (non-hydrogen) atoms. The third-order valence-electron chi connectivity index (χ3n) is 4.46. The zero-order valence-electron chi connectivity index (χ0n) is 16.3. The van der Waals surface area contributed by atoms with Gasteiger partial charge in [0.2, 0.25) is 0 Å². The molecule has 3 unspecified atom stereocenters. The van der Waals surface area contributed by atoms with Crippen molar-refractivity contribution in [2.45, 2.75) is 38.6 Å². The molecule has 156 valence electrons. The minimum atomic E-state index is -0.935. The average Bonchev–Trinajstić information content (AvgIpc) is 3.45. The second-order valence-corrected chi connectivity index (χ2v) is 7.35. The standard InChI is InChI=1S/C15H26O6.C4H6O2/c1-2-15(9-16-3-12-6-19-12,10-17-4-13-7-20-13)11-18-5-14-8-21-14;1-3(2)4(5)6/h12-14H,2-11H2,1H3;1H2,2H3,(H,5,6). The second-order valence-electron chi connectivity index (χ2n) is 7.35. The molecule has 0 aromatic carbocycles. The van der Waals surface area contributed by atoms with Crippen LogP contribution in [0.3, 0.4) is 0 Å². The Balaban J connectivity index is 0.000000380. The van der Waals surface area contributed by atoms with Crippen molar-refractivity contribution in [2.75, 3.05) is 59.5 Å². The number of hydrogen-bond donors (Lipinski definition) is 1. The number of rotatable bonds is 14. The van der Waals surface area contributed by atoms with Gasteiger partial charge in [0, 0.05) is 11.0 Å². The van der Waals surface area contributed by atoms with E-state index in [0.29, 0.717) is 58.0 Å². The van der Waals surface area contributed by atoms with Gasteiger partial charge in [0.25, 0.3) is 0 Å². The lowest BCUT2D eigenvalue weighted by atomic mass is 9.88. The quantitative estimate of drug-likeness (QED) is 0.351. The van der Waals surface area contributed by atoms with E-state index in [2.05, 4.69) is 13.5 Å². The van der Waals surface area contributed by atoms with Crippen LogP contribution in [-0.4, -0.2) is 88.8 Å². The van der Waals surface area contributed by atoms with Crippen molar-refractivity contribution >= 4 is 5.97 Å². The summed E-state index contributed by atoms with van der Waals surface area (Å²) in [5.41, 5.74) is 0.0774. The van der Waals surface area contributed by atoms with Crippen molar-refractivity contribution in [1.82, 2.24) is 0 Å². The van der Waals surface area contributed by atoms with Gasteiger partial charge in [-0.3, -0.25) is 0 Å².